The fourth-order valence-electron chi connectivity index (χ4n) is 2.36. The van der Waals surface area contributed by atoms with Gasteiger partial charge in [-0.2, -0.15) is 0 Å². The summed E-state index contributed by atoms with van der Waals surface area (Å²) >= 11 is 0. The predicted molar refractivity (Wildman–Crippen MR) is 68.0 cm³/mol. The van der Waals surface area contributed by atoms with E-state index < -0.39 is 0 Å². The molecule has 0 saturated carbocycles. The van der Waals surface area contributed by atoms with Crippen molar-refractivity contribution in [1.82, 2.24) is 0 Å². The zero-order valence-corrected chi connectivity index (χ0v) is 10.6. The van der Waals surface area contributed by atoms with Gasteiger partial charge in [-0.05, 0) is 51.3 Å². The van der Waals surface area contributed by atoms with Crippen LogP contribution in [0.15, 0.2) is 12.1 Å². The Kier molecular flexibility index (Phi) is 3.20. The molecule has 0 fully saturated rings. The number of benzene rings is 1. The molecule has 0 radical (unpaired) electrons. The fourth-order valence-corrected chi connectivity index (χ4v) is 2.36. The van der Waals surface area contributed by atoms with E-state index in [4.69, 9.17) is 4.74 Å². The summed E-state index contributed by atoms with van der Waals surface area (Å²) in [7, 11) is 0. The van der Waals surface area contributed by atoms with Crippen LogP contribution in [0.1, 0.15) is 43.1 Å². The normalized spacial score (nSPS) is 23.8. The van der Waals surface area contributed by atoms with Gasteiger partial charge in [-0.15, -0.1) is 0 Å². The molecule has 2 rings (SSSR count). The van der Waals surface area contributed by atoms with Crippen LogP contribution in [0.25, 0.3) is 0 Å². The molecule has 0 saturated heterocycles. The van der Waals surface area contributed by atoms with Crippen LogP contribution in [0, 0.1) is 13.8 Å². The third-order valence-electron chi connectivity index (χ3n) is 3.35. The molecule has 0 bridgehead atoms. The van der Waals surface area contributed by atoms with E-state index in [0.717, 1.165) is 13.0 Å². The average Bonchev–Trinajstić information content (AvgIpc) is 2.21. The number of nitrogens with one attached hydrogen (secondary N) is 1. The van der Waals surface area contributed by atoms with Crippen molar-refractivity contribution in [2.75, 3.05) is 11.9 Å². The SMILES string of the molecule is CCO[C@@H]1C[C@H](C)Nc2cc(C)c(C)cc21. The molecule has 2 nitrogen and oxygen atoms in total. The Balaban J connectivity index is 2.40. The molecule has 1 aromatic rings. The lowest BCUT2D eigenvalue weighted by atomic mass is 9.92. The quantitative estimate of drug-likeness (QED) is 0.820. The van der Waals surface area contributed by atoms with Gasteiger partial charge in [0.2, 0.25) is 0 Å². The van der Waals surface area contributed by atoms with E-state index in [1.165, 1.54) is 22.4 Å². The minimum absolute atomic E-state index is 0.260. The molecule has 16 heavy (non-hydrogen) atoms. The zero-order chi connectivity index (χ0) is 11.7. The van der Waals surface area contributed by atoms with E-state index in [1.54, 1.807) is 0 Å². The number of rotatable bonds is 2. The number of hydrogen-bond acceptors (Lipinski definition) is 2. The van der Waals surface area contributed by atoms with E-state index >= 15 is 0 Å². The molecule has 0 spiro atoms. The topological polar surface area (TPSA) is 21.3 Å². The highest BCUT2D eigenvalue weighted by atomic mass is 16.5. The maximum absolute atomic E-state index is 5.83. The first kappa shape index (κ1) is 11.5. The molecule has 0 aliphatic carbocycles. The van der Waals surface area contributed by atoms with Gasteiger partial charge < -0.3 is 10.1 Å². The van der Waals surface area contributed by atoms with E-state index in [-0.39, 0.29) is 6.10 Å². The van der Waals surface area contributed by atoms with Gasteiger partial charge in [0.25, 0.3) is 0 Å². The maximum Gasteiger partial charge on any atom is 0.0864 e. The van der Waals surface area contributed by atoms with Gasteiger partial charge in [0.05, 0.1) is 6.10 Å². The molecule has 0 amide bonds. The van der Waals surface area contributed by atoms with E-state index in [1.807, 2.05) is 0 Å². The standard InChI is InChI=1S/C14H21NO/c1-5-16-14-8-11(4)15-13-7-10(3)9(2)6-12(13)14/h6-7,11,14-15H,5,8H2,1-4H3/t11-,14+/m0/s1. The predicted octanol–water partition coefficient (Wildman–Crippen LogP) is 3.59. The maximum atomic E-state index is 5.83. The fraction of sp³-hybridized carbons (Fsp3) is 0.571. The van der Waals surface area contributed by atoms with Crippen molar-refractivity contribution >= 4 is 5.69 Å². The molecule has 0 unspecified atom stereocenters. The first-order valence-electron chi connectivity index (χ1n) is 6.11. The van der Waals surface area contributed by atoms with Gasteiger partial charge in [0, 0.05) is 23.9 Å². The van der Waals surface area contributed by atoms with Crippen LogP contribution in [0.4, 0.5) is 5.69 Å². The third kappa shape index (κ3) is 2.07. The van der Waals surface area contributed by atoms with Crippen LogP contribution in [0.2, 0.25) is 0 Å². The monoisotopic (exact) mass is 219 g/mol. The van der Waals surface area contributed by atoms with Crippen LogP contribution < -0.4 is 5.32 Å². The number of anilines is 1. The summed E-state index contributed by atoms with van der Waals surface area (Å²) in [6.45, 7) is 9.38. The minimum Gasteiger partial charge on any atom is -0.382 e. The van der Waals surface area contributed by atoms with Crippen LogP contribution in [0.5, 0.6) is 0 Å². The lowest BCUT2D eigenvalue weighted by Crippen LogP contribution is -2.27. The van der Waals surface area contributed by atoms with Crippen molar-refractivity contribution < 1.29 is 4.74 Å². The first-order chi connectivity index (χ1) is 7.61. The van der Waals surface area contributed by atoms with E-state index in [0.29, 0.717) is 6.04 Å². The molecule has 1 aromatic carbocycles. The summed E-state index contributed by atoms with van der Waals surface area (Å²) in [5.74, 6) is 0. The Morgan fingerprint density at radius 3 is 2.69 bits per heavy atom. The second-order valence-electron chi connectivity index (χ2n) is 4.75. The Morgan fingerprint density at radius 1 is 1.31 bits per heavy atom. The zero-order valence-electron chi connectivity index (χ0n) is 10.6. The Hall–Kier alpha value is -1.02. The lowest BCUT2D eigenvalue weighted by Gasteiger charge is -2.32. The molecule has 2 heteroatoms. The van der Waals surface area contributed by atoms with Crippen LogP contribution >= 0.6 is 0 Å². The van der Waals surface area contributed by atoms with Crippen LogP contribution in [-0.2, 0) is 4.74 Å². The molecular weight excluding hydrogens is 198 g/mol. The molecule has 0 aromatic heterocycles. The van der Waals surface area contributed by atoms with Crippen molar-refractivity contribution in [3.05, 3.63) is 28.8 Å². The highest BCUT2D eigenvalue weighted by molar-refractivity contribution is 5.58. The van der Waals surface area contributed by atoms with Crippen molar-refractivity contribution in [2.24, 2.45) is 0 Å². The molecular formula is C14H21NO. The van der Waals surface area contributed by atoms with Gasteiger partial charge in [0.15, 0.2) is 0 Å². The molecule has 88 valence electrons. The Labute approximate surface area is 98.0 Å². The van der Waals surface area contributed by atoms with E-state index in [2.05, 4.69) is 45.1 Å². The summed E-state index contributed by atoms with van der Waals surface area (Å²) < 4.78 is 5.83. The highest BCUT2D eigenvalue weighted by Crippen LogP contribution is 2.36. The van der Waals surface area contributed by atoms with Crippen molar-refractivity contribution in [1.29, 1.82) is 0 Å². The molecule has 1 aliphatic rings. The summed E-state index contributed by atoms with van der Waals surface area (Å²) in [5.41, 5.74) is 5.26. The number of fused-ring (bicyclic) bond motifs is 1. The number of ether oxygens (including phenoxy) is 1. The number of aryl methyl sites for hydroxylation is 2. The Morgan fingerprint density at radius 2 is 2.00 bits per heavy atom. The highest BCUT2D eigenvalue weighted by Gasteiger charge is 2.24. The number of hydrogen-bond donors (Lipinski definition) is 1. The van der Waals surface area contributed by atoms with Gasteiger partial charge in [0.1, 0.15) is 0 Å². The molecule has 1 heterocycles. The first-order valence-corrected chi connectivity index (χ1v) is 6.11. The minimum atomic E-state index is 0.260. The Bertz CT molecular complexity index is 387. The summed E-state index contributed by atoms with van der Waals surface area (Å²) in [6, 6.07) is 5.00. The van der Waals surface area contributed by atoms with Gasteiger partial charge in [-0.25, -0.2) is 0 Å². The van der Waals surface area contributed by atoms with Crippen molar-refractivity contribution in [2.45, 2.75) is 46.3 Å². The molecule has 1 N–H and O–H groups in total. The van der Waals surface area contributed by atoms with Gasteiger partial charge in [-0.3, -0.25) is 0 Å². The average molecular weight is 219 g/mol. The summed E-state index contributed by atoms with van der Waals surface area (Å²) in [6.07, 6.45) is 1.32. The lowest BCUT2D eigenvalue weighted by molar-refractivity contribution is 0.0512. The third-order valence-corrected chi connectivity index (χ3v) is 3.35. The summed E-state index contributed by atoms with van der Waals surface area (Å²) in [4.78, 5) is 0. The van der Waals surface area contributed by atoms with Crippen molar-refractivity contribution in [3.63, 3.8) is 0 Å². The van der Waals surface area contributed by atoms with Gasteiger partial charge >= 0.3 is 0 Å². The van der Waals surface area contributed by atoms with Crippen molar-refractivity contribution in [3.8, 4) is 0 Å². The second-order valence-corrected chi connectivity index (χ2v) is 4.75. The smallest absolute Gasteiger partial charge is 0.0864 e. The largest absolute Gasteiger partial charge is 0.382 e. The van der Waals surface area contributed by atoms with Crippen LogP contribution in [-0.4, -0.2) is 12.6 Å². The summed E-state index contributed by atoms with van der Waals surface area (Å²) in [5, 5.41) is 3.54. The van der Waals surface area contributed by atoms with Gasteiger partial charge in [-0.1, -0.05) is 6.07 Å². The second kappa shape index (κ2) is 4.46. The molecule has 1 aliphatic heterocycles. The molecule has 2 atom stereocenters. The van der Waals surface area contributed by atoms with E-state index in [9.17, 15) is 0 Å². The van der Waals surface area contributed by atoms with Crippen LogP contribution in [0.3, 0.4) is 0 Å².